The highest BCUT2D eigenvalue weighted by Gasteiger charge is 2.29. The van der Waals surface area contributed by atoms with E-state index in [4.69, 9.17) is 0 Å². The normalized spacial score (nSPS) is 17.1. The van der Waals surface area contributed by atoms with Crippen molar-refractivity contribution in [2.75, 3.05) is 0 Å². The van der Waals surface area contributed by atoms with Crippen LogP contribution in [0.25, 0.3) is 0 Å². The van der Waals surface area contributed by atoms with E-state index in [1.807, 2.05) is 20.8 Å². The van der Waals surface area contributed by atoms with Gasteiger partial charge in [0.25, 0.3) is 0 Å². The Hall–Kier alpha value is -0.0800. The third-order valence-electron chi connectivity index (χ3n) is 2.98. The molecule has 0 heterocycles. The molecule has 0 radical (unpaired) electrons. The van der Waals surface area contributed by atoms with Crippen molar-refractivity contribution < 1.29 is 10.2 Å². The van der Waals surface area contributed by atoms with Crippen LogP contribution >= 0.6 is 0 Å². The van der Waals surface area contributed by atoms with Crippen molar-refractivity contribution in [1.29, 1.82) is 0 Å². The van der Waals surface area contributed by atoms with E-state index in [-0.39, 0.29) is 5.41 Å². The van der Waals surface area contributed by atoms with Crippen molar-refractivity contribution in [3.8, 4) is 0 Å². The molecule has 0 aliphatic carbocycles. The summed E-state index contributed by atoms with van der Waals surface area (Å²) in [4.78, 5) is 0. The highest BCUT2D eigenvalue weighted by Crippen LogP contribution is 2.26. The van der Waals surface area contributed by atoms with Crippen molar-refractivity contribution in [3.05, 3.63) is 0 Å². The maximum Gasteiger partial charge on any atom is 0.0847 e. The Morgan fingerprint density at radius 1 is 1.00 bits per heavy atom. The molecule has 2 heteroatoms. The molecule has 2 nitrogen and oxygen atoms in total. The molecule has 0 aromatic rings. The van der Waals surface area contributed by atoms with Gasteiger partial charge in [0.2, 0.25) is 0 Å². The monoisotopic (exact) mass is 202 g/mol. The van der Waals surface area contributed by atoms with Crippen LogP contribution in [0.15, 0.2) is 0 Å². The second-order valence-electron chi connectivity index (χ2n) is 5.30. The Kier molecular flexibility index (Phi) is 5.68. The van der Waals surface area contributed by atoms with Gasteiger partial charge in [0.15, 0.2) is 0 Å². The van der Waals surface area contributed by atoms with Gasteiger partial charge in [-0.3, -0.25) is 0 Å². The molecule has 0 rings (SSSR count). The fourth-order valence-electron chi connectivity index (χ4n) is 1.67. The third-order valence-corrected chi connectivity index (χ3v) is 2.98. The van der Waals surface area contributed by atoms with Crippen LogP contribution in [0, 0.1) is 11.3 Å². The molecule has 2 N–H and O–H groups in total. The van der Waals surface area contributed by atoms with Crippen LogP contribution < -0.4 is 0 Å². The molecule has 0 fully saturated rings. The standard InChI is InChI=1S/C12H26O2/c1-6-9(7-2)8-10(13)11(14)12(3,4)5/h9-11,13-14H,6-8H2,1-5H3. The predicted molar refractivity (Wildman–Crippen MR) is 60.2 cm³/mol. The van der Waals surface area contributed by atoms with E-state index in [2.05, 4.69) is 13.8 Å². The van der Waals surface area contributed by atoms with Gasteiger partial charge < -0.3 is 10.2 Å². The van der Waals surface area contributed by atoms with Crippen molar-refractivity contribution in [3.63, 3.8) is 0 Å². The summed E-state index contributed by atoms with van der Waals surface area (Å²) in [6.07, 6.45) is 1.66. The molecule has 0 aliphatic rings. The van der Waals surface area contributed by atoms with Crippen molar-refractivity contribution >= 4 is 0 Å². The highest BCUT2D eigenvalue weighted by molar-refractivity contribution is 4.80. The molecule has 0 aromatic carbocycles. The molecule has 0 aromatic heterocycles. The lowest BCUT2D eigenvalue weighted by atomic mass is 9.82. The molecule has 0 saturated heterocycles. The Morgan fingerprint density at radius 2 is 1.43 bits per heavy atom. The first-order chi connectivity index (χ1) is 6.32. The summed E-state index contributed by atoms with van der Waals surface area (Å²) in [5.41, 5.74) is -0.231. The fraction of sp³-hybridized carbons (Fsp3) is 1.00. The van der Waals surface area contributed by atoms with Gasteiger partial charge in [-0.05, 0) is 17.8 Å². The van der Waals surface area contributed by atoms with Crippen LogP contribution in [0.1, 0.15) is 53.9 Å². The molecular weight excluding hydrogens is 176 g/mol. The summed E-state index contributed by atoms with van der Waals surface area (Å²) in [7, 11) is 0. The molecular formula is C12H26O2. The summed E-state index contributed by atoms with van der Waals surface area (Å²) in [6, 6.07) is 0. The average molecular weight is 202 g/mol. The minimum atomic E-state index is -0.622. The van der Waals surface area contributed by atoms with Gasteiger partial charge in [-0.1, -0.05) is 47.5 Å². The van der Waals surface area contributed by atoms with Gasteiger partial charge in [-0.2, -0.15) is 0 Å². The Morgan fingerprint density at radius 3 is 1.71 bits per heavy atom. The molecule has 2 atom stereocenters. The zero-order chi connectivity index (χ0) is 11.4. The summed E-state index contributed by atoms with van der Waals surface area (Å²) in [6.45, 7) is 10.1. The highest BCUT2D eigenvalue weighted by atomic mass is 16.3. The van der Waals surface area contributed by atoms with E-state index in [1.165, 1.54) is 0 Å². The van der Waals surface area contributed by atoms with E-state index in [9.17, 15) is 10.2 Å². The van der Waals surface area contributed by atoms with Crippen LogP contribution in [0.2, 0.25) is 0 Å². The third kappa shape index (κ3) is 4.43. The van der Waals surface area contributed by atoms with Gasteiger partial charge in [-0.15, -0.1) is 0 Å². The second kappa shape index (κ2) is 5.72. The lowest BCUT2D eigenvalue weighted by Gasteiger charge is -2.31. The van der Waals surface area contributed by atoms with Crippen LogP contribution in [0.5, 0.6) is 0 Å². The molecule has 0 amide bonds. The quantitative estimate of drug-likeness (QED) is 0.719. The second-order valence-corrected chi connectivity index (χ2v) is 5.30. The van der Waals surface area contributed by atoms with Crippen LogP contribution in [-0.4, -0.2) is 22.4 Å². The van der Waals surface area contributed by atoms with Crippen molar-refractivity contribution in [2.45, 2.75) is 66.1 Å². The first kappa shape index (κ1) is 13.9. The van der Waals surface area contributed by atoms with E-state index < -0.39 is 12.2 Å². The lowest BCUT2D eigenvalue weighted by Crippen LogP contribution is -2.38. The number of aliphatic hydroxyl groups excluding tert-OH is 2. The smallest absolute Gasteiger partial charge is 0.0847 e. The first-order valence-electron chi connectivity index (χ1n) is 5.69. The van der Waals surface area contributed by atoms with Crippen LogP contribution in [0.4, 0.5) is 0 Å². The van der Waals surface area contributed by atoms with E-state index in [1.54, 1.807) is 0 Å². The van der Waals surface area contributed by atoms with Crippen LogP contribution in [0.3, 0.4) is 0 Å². The van der Waals surface area contributed by atoms with Gasteiger partial charge in [0, 0.05) is 0 Å². The SMILES string of the molecule is CCC(CC)CC(O)C(O)C(C)(C)C. The van der Waals surface area contributed by atoms with E-state index in [0.29, 0.717) is 12.3 Å². The maximum absolute atomic E-state index is 9.84. The minimum absolute atomic E-state index is 0.231. The van der Waals surface area contributed by atoms with Gasteiger partial charge in [0.05, 0.1) is 12.2 Å². The lowest BCUT2D eigenvalue weighted by molar-refractivity contribution is -0.0540. The number of aliphatic hydroxyl groups is 2. The number of hydrogen-bond acceptors (Lipinski definition) is 2. The summed E-state index contributed by atoms with van der Waals surface area (Å²) in [5.74, 6) is 0.530. The first-order valence-corrected chi connectivity index (χ1v) is 5.69. The average Bonchev–Trinajstić information content (AvgIpc) is 2.11. The van der Waals surface area contributed by atoms with Crippen molar-refractivity contribution in [2.24, 2.45) is 11.3 Å². The zero-order valence-corrected chi connectivity index (χ0v) is 10.2. The molecule has 0 bridgehead atoms. The molecule has 2 unspecified atom stereocenters. The molecule has 0 aliphatic heterocycles. The van der Waals surface area contributed by atoms with Crippen molar-refractivity contribution in [1.82, 2.24) is 0 Å². The van der Waals surface area contributed by atoms with E-state index in [0.717, 1.165) is 12.8 Å². The molecule has 86 valence electrons. The van der Waals surface area contributed by atoms with Gasteiger partial charge in [0.1, 0.15) is 0 Å². The molecule has 0 saturated carbocycles. The zero-order valence-electron chi connectivity index (χ0n) is 10.2. The number of rotatable bonds is 5. The molecule has 0 spiro atoms. The predicted octanol–water partition coefficient (Wildman–Crippen LogP) is 2.58. The van der Waals surface area contributed by atoms with Gasteiger partial charge >= 0.3 is 0 Å². The summed E-state index contributed by atoms with van der Waals surface area (Å²) in [5, 5.41) is 19.7. The topological polar surface area (TPSA) is 40.5 Å². The summed E-state index contributed by atoms with van der Waals surface area (Å²) < 4.78 is 0. The molecule has 14 heavy (non-hydrogen) atoms. The van der Waals surface area contributed by atoms with Gasteiger partial charge in [-0.25, -0.2) is 0 Å². The maximum atomic E-state index is 9.84. The van der Waals surface area contributed by atoms with Crippen LogP contribution in [-0.2, 0) is 0 Å². The summed E-state index contributed by atoms with van der Waals surface area (Å²) >= 11 is 0. The fourth-order valence-corrected chi connectivity index (χ4v) is 1.67. The van der Waals surface area contributed by atoms with E-state index >= 15 is 0 Å². The minimum Gasteiger partial charge on any atom is -0.390 e. The largest absolute Gasteiger partial charge is 0.390 e. The number of hydrogen-bond donors (Lipinski definition) is 2. The Labute approximate surface area is 88.3 Å². The Bertz CT molecular complexity index is 145. The Balaban J connectivity index is 4.13.